The zero-order valence-electron chi connectivity index (χ0n) is 8.56. The van der Waals surface area contributed by atoms with Crippen molar-refractivity contribution in [1.29, 1.82) is 5.26 Å². The Morgan fingerprint density at radius 3 is 2.88 bits per heavy atom. The molecule has 0 bridgehead atoms. The number of benzene rings is 1. The Bertz CT molecular complexity index is 506. The lowest BCUT2D eigenvalue weighted by Crippen LogP contribution is -1.99. The van der Waals surface area contributed by atoms with E-state index in [-0.39, 0.29) is 23.6 Å². The fourth-order valence-electron chi connectivity index (χ4n) is 1.04. The molecule has 0 saturated carbocycles. The van der Waals surface area contributed by atoms with E-state index in [1.54, 1.807) is 6.92 Å². The molecule has 0 aliphatic carbocycles. The van der Waals surface area contributed by atoms with E-state index in [2.05, 4.69) is 11.8 Å². The van der Waals surface area contributed by atoms with Crippen molar-refractivity contribution in [3.63, 3.8) is 0 Å². The summed E-state index contributed by atoms with van der Waals surface area (Å²) in [6, 6.07) is 5.86. The van der Waals surface area contributed by atoms with Gasteiger partial charge in [-0.15, -0.1) is 5.92 Å². The van der Waals surface area contributed by atoms with Gasteiger partial charge in [-0.2, -0.15) is 5.26 Å². The highest BCUT2D eigenvalue weighted by Gasteiger charge is 2.15. The molecule has 0 atom stereocenters. The molecule has 0 aromatic heterocycles. The highest BCUT2D eigenvalue weighted by atomic mass is 16.6. The van der Waals surface area contributed by atoms with Gasteiger partial charge in [-0.1, -0.05) is 5.92 Å². The van der Waals surface area contributed by atoms with Crippen molar-refractivity contribution in [2.24, 2.45) is 0 Å². The van der Waals surface area contributed by atoms with Crippen LogP contribution >= 0.6 is 0 Å². The Labute approximate surface area is 92.4 Å². The van der Waals surface area contributed by atoms with Gasteiger partial charge in [-0.25, -0.2) is 0 Å². The fraction of sp³-hybridized carbons (Fsp3) is 0.182. The zero-order chi connectivity index (χ0) is 12.0. The lowest BCUT2D eigenvalue weighted by molar-refractivity contribution is -0.385. The van der Waals surface area contributed by atoms with Gasteiger partial charge in [0.2, 0.25) is 0 Å². The number of nitro benzene ring substituents is 1. The van der Waals surface area contributed by atoms with Gasteiger partial charge in [0, 0.05) is 6.07 Å². The number of ether oxygens (including phenoxy) is 1. The maximum atomic E-state index is 10.7. The Balaban J connectivity index is 3.02. The minimum Gasteiger partial charge on any atom is -0.474 e. The van der Waals surface area contributed by atoms with Crippen LogP contribution in [0.25, 0.3) is 0 Å². The van der Waals surface area contributed by atoms with Gasteiger partial charge in [-0.05, 0) is 19.1 Å². The number of hydrogen-bond donors (Lipinski definition) is 0. The molecule has 0 spiro atoms. The second kappa shape index (κ2) is 5.38. The standard InChI is InChI=1S/C11H8N2O3/c1-2-3-6-16-11-5-4-9(8-12)7-10(11)13(14)15/h4-5,7H,6H2,1H3. The Morgan fingerprint density at radius 1 is 1.56 bits per heavy atom. The number of rotatable bonds is 3. The summed E-state index contributed by atoms with van der Waals surface area (Å²) in [5.41, 5.74) is -0.00224. The van der Waals surface area contributed by atoms with Crippen LogP contribution in [0.2, 0.25) is 0 Å². The van der Waals surface area contributed by atoms with E-state index in [4.69, 9.17) is 10.00 Å². The Kier molecular flexibility index (Phi) is 3.88. The van der Waals surface area contributed by atoms with Gasteiger partial charge in [0.25, 0.3) is 0 Å². The molecule has 5 heteroatoms. The van der Waals surface area contributed by atoms with Crippen LogP contribution in [0, 0.1) is 33.3 Å². The average molecular weight is 216 g/mol. The molecule has 16 heavy (non-hydrogen) atoms. The molecule has 1 aromatic carbocycles. The van der Waals surface area contributed by atoms with Crippen molar-refractivity contribution in [3.8, 4) is 23.7 Å². The van der Waals surface area contributed by atoms with E-state index < -0.39 is 4.92 Å². The van der Waals surface area contributed by atoms with Gasteiger partial charge < -0.3 is 4.74 Å². The number of nitro groups is 1. The third-order valence-corrected chi connectivity index (χ3v) is 1.76. The number of nitrogens with zero attached hydrogens (tertiary/aromatic N) is 2. The highest BCUT2D eigenvalue weighted by molar-refractivity contribution is 5.51. The molecule has 0 radical (unpaired) electrons. The summed E-state index contributed by atoms with van der Waals surface area (Å²) in [7, 11) is 0. The van der Waals surface area contributed by atoms with Gasteiger partial charge in [0.15, 0.2) is 5.75 Å². The topological polar surface area (TPSA) is 76.2 Å². The molecule has 0 aliphatic rings. The number of hydrogen-bond acceptors (Lipinski definition) is 4. The van der Waals surface area contributed by atoms with Gasteiger partial charge in [-0.3, -0.25) is 10.1 Å². The van der Waals surface area contributed by atoms with E-state index in [9.17, 15) is 10.1 Å². The van der Waals surface area contributed by atoms with E-state index in [1.165, 1.54) is 18.2 Å². The summed E-state index contributed by atoms with van der Waals surface area (Å²) in [6.07, 6.45) is 0. The summed E-state index contributed by atoms with van der Waals surface area (Å²) >= 11 is 0. The van der Waals surface area contributed by atoms with Crippen LogP contribution in [-0.2, 0) is 0 Å². The summed E-state index contributed by atoms with van der Waals surface area (Å²) in [6.45, 7) is 1.74. The third kappa shape index (κ3) is 2.73. The van der Waals surface area contributed by atoms with Crippen molar-refractivity contribution in [3.05, 3.63) is 33.9 Å². The normalized spacial score (nSPS) is 8.50. The first kappa shape index (κ1) is 11.5. The Morgan fingerprint density at radius 2 is 2.31 bits per heavy atom. The molecule has 5 nitrogen and oxygen atoms in total. The molecule has 1 rings (SSSR count). The van der Waals surface area contributed by atoms with Crippen LogP contribution in [0.4, 0.5) is 5.69 Å². The van der Waals surface area contributed by atoms with Crippen molar-refractivity contribution in [1.82, 2.24) is 0 Å². The van der Waals surface area contributed by atoms with Crippen LogP contribution in [0.15, 0.2) is 18.2 Å². The molecule has 0 saturated heterocycles. The van der Waals surface area contributed by atoms with Crippen molar-refractivity contribution < 1.29 is 9.66 Å². The molecule has 0 fully saturated rings. The van der Waals surface area contributed by atoms with Crippen LogP contribution in [0.1, 0.15) is 12.5 Å². The van der Waals surface area contributed by atoms with Crippen molar-refractivity contribution >= 4 is 5.69 Å². The monoisotopic (exact) mass is 216 g/mol. The minimum atomic E-state index is -0.588. The third-order valence-electron chi connectivity index (χ3n) is 1.76. The quantitative estimate of drug-likeness (QED) is 0.439. The zero-order valence-corrected chi connectivity index (χ0v) is 8.56. The predicted octanol–water partition coefficient (Wildman–Crippen LogP) is 1.87. The van der Waals surface area contributed by atoms with Crippen molar-refractivity contribution in [2.45, 2.75) is 6.92 Å². The smallest absolute Gasteiger partial charge is 0.312 e. The van der Waals surface area contributed by atoms with Crippen LogP contribution in [0.5, 0.6) is 5.75 Å². The number of nitriles is 1. The average Bonchev–Trinajstić information content (AvgIpc) is 2.29. The predicted molar refractivity (Wildman–Crippen MR) is 56.8 cm³/mol. The van der Waals surface area contributed by atoms with Gasteiger partial charge in [0.05, 0.1) is 16.6 Å². The maximum Gasteiger partial charge on any atom is 0.312 e. The Hall–Kier alpha value is -2.53. The molecular formula is C11H8N2O3. The highest BCUT2D eigenvalue weighted by Crippen LogP contribution is 2.27. The van der Waals surface area contributed by atoms with Crippen LogP contribution in [-0.4, -0.2) is 11.5 Å². The summed E-state index contributed by atoms with van der Waals surface area (Å²) in [5.74, 6) is 5.36. The molecule has 0 unspecified atom stereocenters. The van der Waals surface area contributed by atoms with Crippen LogP contribution in [0.3, 0.4) is 0 Å². The van der Waals surface area contributed by atoms with Gasteiger partial charge in [0.1, 0.15) is 6.61 Å². The molecule has 0 aliphatic heterocycles. The first-order valence-corrected chi connectivity index (χ1v) is 4.40. The largest absolute Gasteiger partial charge is 0.474 e. The first-order chi connectivity index (χ1) is 7.69. The first-order valence-electron chi connectivity index (χ1n) is 4.40. The SMILES string of the molecule is CC#CCOc1ccc(C#N)cc1[N+](=O)[O-]. The second-order valence-corrected chi connectivity index (χ2v) is 2.77. The van der Waals surface area contributed by atoms with Gasteiger partial charge >= 0.3 is 5.69 Å². The van der Waals surface area contributed by atoms with Crippen molar-refractivity contribution in [2.75, 3.05) is 6.61 Å². The van der Waals surface area contributed by atoms with E-state index >= 15 is 0 Å². The molecular weight excluding hydrogens is 208 g/mol. The molecule has 0 heterocycles. The molecule has 0 amide bonds. The minimum absolute atomic E-state index is 0.0865. The van der Waals surface area contributed by atoms with E-state index in [0.29, 0.717) is 0 Å². The van der Waals surface area contributed by atoms with E-state index in [0.717, 1.165) is 0 Å². The molecule has 0 N–H and O–H groups in total. The van der Waals surface area contributed by atoms with Crippen LogP contribution < -0.4 is 4.74 Å². The lowest BCUT2D eigenvalue weighted by atomic mass is 10.2. The van der Waals surface area contributed by atoms with E-state index in [1.807, 2.05) is 6.07 Å². The fourth-order valence-corrected chi connectivity index (χ4v) is 1.04. The summed E-state index contributed by atoms with van der Waals surface area (Å²) in [4.78, 5) is 10.1. The maximum absolute atomic E-state index is 10.7. The molecule has 80 valence electrons. The summed E-state index contributed by atoms with van der Waals surface area (Å²) in [5, 5.41) is 19.3. The molecule has 1 aromatic rings. The second-order valence-electron chi connectivity index (χ2n) is 2.77. The lowest BCUT2D eigenvalue weighted by Gasteiger charge is -2.02. The summed E-state index contributed by atoms with van der Waals surface area (Å²) < 4.78 is 5.11.